The molecule has 0 unspecified atom stereocenters. The second kappa shape index (κ2) is 5.69. The number of nitrogens with one attached hydrogen (secondary N) is 2. The number of nitrogens with zero attached hydrogens (tertiary/aromatic N) is 1. The lowest BCUT2D eigenvalue weighted by Crippen LogP contribution is -2.22. The molecule has 0 spiro atoms. The van der Waals surface area contributed by atoms with Crippen molar-refractivity contribution < 1.29 is 9.53 Å². The normalized spacial score (nSPS) is 10.3. The molecular formula is C11H8Cl3N3O2. The van der Waals surface area contributed by atoms with Crippen molar-refractivity contribution in [3.63, 3.8) is 0 Å². The van der Waals surface area contributed by atoms with Crippen LogP contribution in [-0.2, 0) is 0 Å². The van der Waals surface area contributed by atoms with Crippen molar-refractivity contribution in [1.82, 2.24) is 15.3 Å². The van der Waals surface area contributed by atoms with E-state index in [9.17, 15) is 4.79 Å². The van der Waals surface area contributed by atoms with Gasteiger partial charge >= 0.3 is 12.1 Å². The van der Waals surface area contributed by atoms with Crippen LogP contribution in [0.1, 0.15) is 5.56 Å². The highest BCUT2D eigenvalue weighted by atomic mass is 35.5. The Bertz CT molecular complexity index is 662. The van der Waals surface area contributed by atoms with Crippen LogP contribution in [0, 0.1) is 0 Å². The third-order valence-electron chi connectivity index (χ3n) is 2.27. The Morgan fingerprint density at radius 1 is 1.37 bits per heavy atom. The van der Waals surface area contributed by atoms with Crippen molar-refractivity contribution >= 4 is 57.0 Å². The summed E-state index contributed by atoms with van der Waals surface area (Å²) in [5.41, 5.74) is 1.89. The number of hydrogen-bond acceptors (Lipinski definition) is 3. The van der Waals surface area contributed by atoms with Gasteiger partial charge in [-0.15, -0.1) is 0 Å². The van der Waals surface area contributed by atoms with Gasteiger partial charge in [0.15, 0.2) is 0 Å². The maximum absolute atomic E-state index is 11.1. The van der Waals surface area contributed by atoms with Crippen LogP contribution in [0.3, 0.4) is 0 Å². The molecule has 0 aliphatic rings. The van der Waals surface area contributed by atoms with E-state index in [2.05, 4.69) is 15.3 Å². The zero-order chi connectivity index (χ0) is 14.0. The van der Waals surface area contributed by atoms with Crippen LogP contribution in [0.15, 0.2) is 22.7 Å². The lowest BCUT2D eigenvalue weighted by atomic mass is 10.2. The fourth-order valence-electron chi connectivity index (χ4n) is 1.42. The van der Waals surface area contributed by atoms with Gasteiger partial charge in [0, 0.05) is 7.05 Å². The second-order valence-corrected chi connectivity index (χ2v) is 4.82. The van der Waals surface area contributed by atoms with Gasteiger partial charge in [-0.1, -0.05) is 40.9 Å². The molecule has 1 aromatic carbocycles. The fraction of sp³-hybridized carbons (Fsp3) is 0.0909. The molecule has 1 heterocycles. The highest BCUT2D eigenvalue weighted by Gasteiger charge is 2.10. The SMILES string of the molecule is CNC(=O)Oc1nc2ccc(C(Cl)=C(Cl)Cl)cc2[nH]1. The average Bonchev–Trinajstić information content (AvgIpc) is 2.78. The van der Waals surface area contributed by atoms with Crippen molar-refractivity contribution in [2.24, 2.45) is 0 Å². The van der Waals surface area contributed by atoms with E-state index in [0.717, 1.165) is 0 Å². The zero-order valence-corrected chi connectivity index (χ0v) is 11.9. The number of aromatic nitrogens is 2. The summed E-state index contributed by atoms with van der Waals surface area (Å²) < 4.78 is 4.86. The molecule has 0 fully saturated rings. The van der Waals surface area contributed by atoms with Crippen molar-refractivity contribution in [3.05, 3.63) is 28.3 Å². The average molecular weight is 321 g/mol. The first kappa shape index (κ1) is 14.0. The summed E-state index contributed by atoms with van der Waals surface area (Å²) in [6.45, 7) is 0. The summed E-state index contributed by atoms with van der Waals surface area (Å²) in [7, 11) is 1.45. The number of aromatic amines is 1. The molecule has 1 amide bonds. The molecule has 2 rings (SSSR count). The highest BCUT2D eigenvalue weighted by Crippen LogP contribution is 2.30. The topological polar surface area (TPSA) is 67.0 Å². The number of carbonyl (C=O) groups excluding carboxylic acids is 1. The molecule has 2 N–H and O–H groups in total. The van der Waals surface area contributed by atoms with Crippen LogP contribution in [0.2, 0.25) is 0 Å². The fourth-order valence-corrected chi connectivity index (χ4v) is 1.75. The molecule has 0 saturated carbocycles. The van der Waals surface area contributed by atoms with E-state index >= 15 is 0 Å². The van der Waals surface area contributed by atoms with E-state index in [1.807, 2.05) is 0 Å². The van der Waals surface area contributed by atoms with Crippen LogP contribution >= 0.6 is 34.8 Å². The van der Waals surface area contributed by atoms with Gasteiger partial charge in [0.1, 0.15) is 4.49 Å². The summed E-state index contributed by atoms with van der Waals surface area (Å²) >= 11 is 17.2. The summed E-state index contributed by atoms with van der Waals surface area (Å²) in [6, 6.07) is 5.20. The first-order valence-corrected chi connectivity index (χ1v) is 6.25. The maximum Gasteiger partial charge on any atom is 0.414 e. The minimum atomic E-state index is -0.610. The molecule has 0 saturated heterocycles. The molecular weight excluding hydrogens is 312 g/mol. The second-order valence-electron chi connectivity index (χ2n) is 3.49. The summed E-state index contributed by atoms with van der Waals surface area (Å²) in [4.78, 5) is 18.0. The Hall–Kier alpha value is -1.43. The molecule has 2 aromatic rings. The number of H-pyrrole nitrogens is 1. The van der Waals surface area contributed by atoms with Gasteiger partial charge in [-0.3, -0.25) is 0 Å². The minimum absolute atomic E-state index is 0.0256. The van der Waals surface area contributed by atoms with Crippen molar-refractivity contribution in [3.8, 4) is 6.01 Å². The Kier molecular flexibility index (Phi) is 4.19. The Balaban J connectivity index is 2.39. The highest BCUT2D eigenvalue weighted by molar-refractivity contribution is 6.66. The van der Waals surface area contributed by atoms with Gasteiger partial charge < -0.3 is 15.0 Å². The monoisotopic (exact) mass is 319 g/mol. The standard InChI is InChI=1S/C11H8Cl3N3O2/c1-15-11(18)19-10-16-6-3-2-5(4-7(6)17-10)8(12)9(13)14/h2-4H,1H3,(H,15,18)(H,16,17). The van der Waals surface area contributed by atoms with Crippen molar-refractivity contribution in [2.75, 3.05) is 7.05 Å². The molecule has 0 radical (unpaired) electrons. The lowest BCUT2D eigenvalue weighted by molar-refractivity contribution is 0.199. The van der Waals surface area contributed by atoms with E-state index in [0.29, 0.717) is 16.6 Å². The number of benzene rings is 1. The maximum atomic E-state index is 11.1. The van der Waals surface area contributed by atoms with Crippen LogP contribution in [0.5, 0.6) is 6.01 Å². The van der Waals surface area contributed by atoms with Crippen LogP contribution in [0.4, 0.5) is 4.79 Å². The molecule has 0 bridgehead atoms. The third kappa shape index (κ3) is 3.12. The van der Waals surface area contributed by atoms with E-state index in [1.165, 1.54) is 7.05 Å². The van der Waals surface area contributed by atoms with Gasteiger partial charge in [-0.25, -0.2) is 4.79 Å². The third-order valence-corrected chi connectivity index (χ3v) is 3.25. The molecule has 100 valence electrons. The molecule has 0 aliphatic heterocycles. The number of fused-ring (bicyclic) bond motifs is 1. The summed E-state index contributed by atoms with van der Waals surface area (Å²) in [5, 5.41) is 2.55. The zero-order valence-electron chi connectivity index (χ0n) is 9.63. The summed E-state index contributed by atoms with van der Waals surface area (Å²) in [6.07, 6.45) is -0.610. The van der Waals surface area contributed by atoms with Crippen molar-refractivity contribution in [1.29, 1.82) is 0 Å². The molecule has 19 heavy (non-hydrogen) atoms. The number of hydrogen-bond donors (Lipinski definition) is 2. The van der Waals surface area contributed by atoms with E-state index in [-0.39, 0.29) is 15.5 Å². The smallest absolute Gasteiger partial charge is 0.375 e. The quantitative estimate of drug-likeness (QED) is 0.888. The lowest BCUT2D eigenvalue weighted by Gasteiger charge is -1.98. The van der Waals surface area contributed by atoms with Crippen LogP contribution < -0.4 is 10.1 Å². The van der Waals surface area contributed by atoms with Gasteiger partial charge in [0.2, 0.25) is 0 Å². The largest absolute Gasteiger partial charge is 0.414 e. The van der Waals surface area contributed by atoms with Crippen molar-refractivity contribution in [2.45, 2.75) is 0 Å². The van der Waals surface area contributed by atoms with Gasteiger partial charge in [-0.05, 0) is 17.7 Å². The molecule has 1 aromatic heterocycles. The Morgan fingerprint density at radius 3 is 2.74 bits per heavy atom. The van der Waals surface area contributed by atoms with Crippen LogP contribution in [-0.4, -0.2) is 23.1 Å². The van der Waals surface area contributed by atoms with E-state index < -0.39 is 6.09 Å². The predicted octanol–water partition coefficient (Wildman–Crippen LogP) is 3.62. The molecule has 0 aliphatic carbocycles. The Labute approximate surface area is 123 Å². The first-order chi connectivity index (χ1) is 9.01. The summed E-state index contributed by atoms with van der Waals surface area (Å²) in [5.74, 6) is 0. The van der Waals surface area contributed by atoms with E-state index in [4.69, 9.17) is 39.5 Å². The Morgan fingerprint density at radius 2 is 2.11 bits per heavy atom. The number of ether oxygens (including phenoxy) is 1. The van der Waals surface area contributed by atoms with Gasteiger partial charge in [0.25, 0.3) is 0 Å². The van der Waals surface area contributed by atoms with Gasteiger partial charge in [0.05, 0.1) is 16.1 Å². The predicted molar refractivity (Wildman–Crippen MR) is 75.7 cm³/mol. The van der Waals surface area contributed by atoms with E-state index in [1.54, 1.807) is 18.2 Å². The number of amides is 1. The number of carbonyl (C=O) groups is 1. The minimum Gasteiger partial charge on any atom is -0.375 e. The number of imidazole rings is 1. The molecule has 8 heteroatoms. The van der Waals surface area contributed by atoms with Crippen LogP contribution in [0.25, 0.3) is 16.1 Å². The van der Waals surface area contributed by atoms with Gasteiger partial charge in [-0.2, -0.15) is 4.98 Å². The molecule has 5 nitrogen and oxygen atoms in total. The first-order valence-electron chi connectivity index (χ1n) is 5.11. The number of rotatable bonds is 2. The molecule has 0 atom stereocenters. The number of halogens is 3.